The topological polar surface area (TPSA) is 108 Å². The van der Waals surface area contributed by atoms with Gasteiger partial charge in [0.05, 0.1) is 39.6 Å². The summed E-state index contributed by atoms with van der Waals surface area (Å²) in [5.41, 5.74) is 1.20. The number of carbonyl (C=O) groups is 3. The van der Waals surface area contributed by atoms with Crippen LogP contribution in [0, 0.1) is 0 Å². The Balaban J connectivity index is 1.97. The van der Waals surface area contributed by atoms with Gasteiger partial charge < -0.3 is 24.1 Å². The van der Waals surface area contributed by atoms with Crippen molar-refractivity contribution in [2.45, 2.75) is 0 Å². The summed E-state index contributed by atoms with van der Waals surface area (Å²) in [7, 11) is 5.78. The Labute approximate surface area is 190 Å². The maximum Gasteiger partial charge on any atom is 0.335 e. The Morgan fingerprint density at radius 3 is 1.55 bits per heavy atom. The lowest BCUT2D eigenvalue weighted by atomic mass is 9.96. The van der Waals surface area contributed by atoms with Crippen molar-refractivity contribution >= 4 is 17.5 Å². The number of benzene rings is 3. The van der Waals surface area contributed by atoms with Gasteiger partial charge in [0.2, 0.25) is 5.75 Å². The van der Waals surface area contributed by atoms with E-state index < -0.39 is 5.97 Å². The van der Waals surface area contributed by atoms with Crippen LogP contribution in [0.4, 0.5) is 0 Å². The van der Waals surface area contributed by atoms with Gasteiger partial charge in [-0.1, -0.05) is 18.2 Å². The Bertz CT molecular complexity index is 1190. The van der Waals surface area contributed by atoms with Gasteiger partial charge in [0, 0.05) is 16.7 Å². The molecule has 0 aliphatic rings. The molecule has 0 radical (unpaired) electrons. The van der Waals surface area contributed by atoms with E-state index in [9.17, 15) is 14.4 Å². The SMILES string of the molecule is COc1cc(C(=O)c2cc(OC)c(OC)c(OC)c2)ccc1C(=O)c1ccc(C(=O)O)cc1. The Morgan fingerprint density at radius 1 is 0.576 bits per heavy atom. The molecular formula is C25H22O8. The summed E-state index contributed by atoms with van der Waals surface area (Å²) < 4.78 is 21.3. The zero-order valence-corrected chi connectivity index (χ0v) is 18.5. The van der Waals surface area contributed by atoms with Gasteiger partial charge in [-0.25, -0.2) is 4.79 Å². The van der Waals surface area contributed by atoms with Crippen LogP contribution in [0.5, 0.6) is 23.0 Å². The highest BCUT2D eigenvalue weighted by Gasteiger charge is 2.21. The summed E-state index contributed by atoms with van der Waals surface area (Å²) in [5.74, 6) is -0.536. The van der Waals surface area contributed by atoms with Gasteiger partial charge in [-0.3, -0.25) is 9.59 Å². The summed E-state index contributed by atoms with van der Waals surface area (Å²) >= 11 is 0. The van der Waals surface area contributed by atoms with E-state index in [1.807, 2.05) is 0 Å². The first kappa shape index (κ1) is 23.3. The van der Waals surface area contributed by atoms with Gasteiger partial charge in [-0.05, 0) is 36.4 Å². The second-order valence-electron chi connectivity index (χ2n) is 6.87. The highest BCUT2D eigenvalue weighted by atomic mass is 16.5. The quantitative estimate of drug-likeness (QED) is 0.489. The number of hydrogen-bond acceptors (Lipinski definition) is 7. The molecule has 0 unspecified atom stereocenters. The molecule has 0 aromatic heterocycles. The lowest BCUT2D eigenvalue weighted by molar-refractivity contribution is 0.0696. The van der Waals surface area contributed by atoms with E-state index in [2.05, 4.69) is 0 Å². The van der Waals surface area contributed by atoms with Crippen molar-refractivity contribution in [3.63, 3.8) is 0 Å². The molecule has 0 saturated carbocycles. The number of ether oxygens (including phenoxy) is 4. The fourth-order valence-electron chi connectivity index (χ4n) is 3.32. The molecule has 8 nitrogen and oxygen atoms in total. The number of methoxy groups -OCH3 is 4. The molecule has 0 fully saturated rings. The first-order valence-electron chi connectivity index (χ1n) is 9.75. The number of carboxylic acid groups (broad SMARTS) is 1. The first-order chi connectivity index (χ1) is 15.8. The van der Waals surface area contributed by atoms with Crippen molar-refractivity contribution in [3.05, 3.63) is 82.4 Å². The largest absolute Gasteiger partial charge is 0.496 e. The lowest BCUT2D eigenvalue weighted by Crippen LogP contribution is -2.08. The Hall–Kier alpha value is -4.33. The fraction of sp³-hybridized carbons (Fsp3) is 0.160. The lowest BCUT2D eigenvalue weighted by Gasteiger charge is -2.14. The predicted molar refractivity (Wildman–Crippen MR) is 119 cm³/mol. The highest BCUT2D eigenvalue weighted by molar-refractivity contribution is 6.13. The summed E-state index contributed by atoms with van der Waals surface area (Å²) in [6.45, 7) is 0. The van der Waals surface area contributed by atoms with Crippen LogP contribution in [0.1, 0.15) is 42.2 Å². The van der Waals surface area contributed by atoms with Crippen LogP contribution in [-0.4, -0.2) is 51.1 Å². The van der Waals surface area contributed by atoms with Crippen molar-refractivity contribution in [2.75, 3.05) is 28.4 Å². The van der Waals surface area contributed by atoms with E-state index in [1.165, 1.54) is 70.9 Å². The normalized spacial score (nSPS) is 10.3. The minimum atomic E-state index is -1.08. The molecule has 0 heterocycles. The van der Waals surface area contributed by atoms with E-state index >= 15 is 0 Å². The van der Waals surface area contributed by atoms with Crippen LogP contribution in [0.3, 0.4) is 0 Å². The van der Waals surface area contributed by atoms with Crippen molar-refractivity contribution in [2.24, 2.45) is 0 Å². The summed E-state index contributed by atoms with van der Waals surface area (Å²) in [6.07, 6.45) is 0. The molecule has 3 aromatic rings. The van der Waals surface area contributed by atoms with E-state index in [4.69, 9.17) is 24.1 Å². The van der Waals surface area contributed by atoms with Gasteiger partial charge in [0.25, 0.3) is 0 Å². The number of aromatic carboxylic acids is 1. The van der Waals surface area contributed by atoms with E-state index in [0.29, 0.717) is 33.9 Å². The second-order valence-corrected chi connectivity index (χ2v) is 6.87. The maximum atomic E-state index is 13.2. The maximum absolute atomic E-state index is 13.2. The van der Waals surface area contributed by atoms with Crippen molar-refractivity contribution in [1.82, 2.24) is 0 Å². The Morgan fingerprint density at radius 2 is 1.06 bits per heavy atom. The standard InChI is InChI=1S/C25H22O8/c1-30-19-11-16(22(26)17-12-20(31-2)24(33-4)21(13-17)32-3)9-10-18(19)23(27)14-5-7-15(8-6-14)25(28)29/h5-13H,1-4H3,(H,28,29). The van der Waals surface area contributed by atoms with Gasteiger partial charge in [0.15, 0.2) is 23.1 Å². The third-order valence-electron chi connectivity index (χ3n) is 5.03. The predicted octanol–water partition coefficient (Wildman–Crippen LogP) is 3.88. The Kier molecular flexibility index (Phi) is 6.97. The number of rotatable bonds is 9. The number of ketones is 2. The van der Waals surface area contributed by atoms with Crippen LogP contribution >= 0.6 is 0 Å². The molecule has 8 heteroatoms. The van der Waals surface area contributed by atoms with Crippen LogP contribution < -0.4 is 18.9 Å². The molecule has 0 amide bonds. The minimum Gasteiger partial charge on any atom is -0.496 e. The summed E-state index contributed by atoms with van der Waals surface area (Å²) in [4.78, 5) is 37.1. The minimum absolute atomic E-state index is 0.0739. The molecule has 170 valence electrons. The van der Waals surface area contributed by atoms with Crippen molar-refractivity contribution < 1.29 is 38.4 Å². The molecule has 3 aromatic carbocycles. The molecule has 0 aliphatic carbocycles. The van der Waals surface area contributed by atoms with E-state index in [-0.39, 0.29) is 28.4 Å². The smallest absolute Gasteiger partial charge is 0.335 e. The average molecular weight is 450 g/mol. The third-order valence-corrected chi connectivity index (χ3v) is 5.03. The van der Waals surface area contributed by atoms with Crippen LogP contribution in [-0.2, 0) is 0 Å². The molecular weight excluding hydrogens is 428 g/mol. The number of hydrogen-bond donors (Lipinski definition) is 1. The van der Waals surface area contributed by atoms with E-state index in [1.54, 1.807) is 12.1 Å². The highest BCUT2D eigenvalue weighted by Crippen LogP contribution is 2.39. The van der Waals surface area contributed by atoms with Gasteiger partial charge in [-0.15, -0.1) is 0 Å². The molecule has 0 bridgehead atoms. The summed E-state index contributed by atoms with van der Waals surface area (Å²) in [5, 5.41) is 9.03. The monoisotopic (exact) mass is 450 g/mol. The number of carbonyl (C=O) groups excluding carboxylic acids is 2. The van der Waals surface area contributed by atoms with E-state index in [0.717, 1.165) is 0 Å². The second kappa shape index (κ2) is 9.86. The third kappa shape index (κ3) is 4.64. The molecule has 0 saturated heterocycles. The first-order valence-corrected chi connectivity index (χ1v) is 9.75. The molecule has 1 N–H and O–H groups in total. The zero-order valence-electron chi connectivity index (χ0n) is 18.5. The molecule has 3 rings (SSSR count). The van der Waals surface area contributed by atoms with Crippen LogP contribution in [0.2, 0.25) is 0 Å². The van der Waals surface area contributed by atoms with Gasteiger partial charge in [0.1, 0.15) is 5.75 Å². The van der Waals surface area contributed by atoms with Crippen LogP contribution in [0.25, 0.3) is 0 Å². The summed E-state index contributed by atoms with van der Waals surface area (Å²) in [6, 6.07) is 13.1. The molecule has 0 spiro atoms. The molecule has 0 aliphatic heterocycles. The zero-order chi connectivity index (χ0) is 24.1. The van der Waals surface area contributed by atoms with Gasteiger partial charge in [-0.2, -0.15) is 0 Å². The average Bonchev–Trinajstić information content (AvgIpc) is 2.86. The fourth-order valence-corrected chi connectivity index (χ4v) is 3.32. The molecule has 33 heavy (non-hydrogen) atoms. The van der Waals surface area contributed by atoms with Crippen LogP contribution in [0.15, 0.2) is 54.6 Å². The number of carboxylic acids is 1. The van der Waals surface area contributed by atoms with Gasteiger partial charge >= 0.3 is 5.97 Å². The van der Waals surface area contributed by atoms with Crippen molar-refractivity contribution in [1.29, 1.82) is 0 Å². The molecule has 0 atom stereocenters. The van der Waals surface area contributed by atoms with Crippen molar-refractivity contribution in [3.8, 4) is 23.0 Å².